The Bertz CT molecular complexity index is 1810. The van der Waals surface area contributed by atoms with Gasteiger partial charge in [-0.3, -0.25) is 14.0 Å². The van der Waals surface area contributed by atoms with E-state index >= 15 is 0 Å². The standard InChI is InChI=1S/C35H42F4N8O3/c1-4-23-20-24(8-9-25(23)34(49)42-12-6-5-7-19-47(2,3)22-29(48)45-16-13-40-14-17-45)44-32-33-43-21-27(46(33)18-15-41-32)26-10-11-28(50-35(38)39)31(37)30(26)36/h8-11,15,18,20-21,35,40H,4-7,12-14,16-17,19,22H2,1-3H3,(H-,41,42,44,49)/p+1. The number of alkyl halides is 2. The van der Waals surface area contributed by atoms with E-state index in [1.165, 1.54) is 23.0 Å². The van der Waals surface area contributed by atoms with Crippen molar-refractivity contribution >= 4 is 29.0 Å². The van der Waals surface area contributed by atoms with Gasteiger partial charge in [-0.15, -0.1) is 0 Å². The van der Waals surface area contributed by atoms with E-state index in [9.17, 15) is 27.2 Å². The summed E-state index contributed by atoms with van der Waals surface area (Å²) in [5.74, 6) is -3.42. The van der Waals surface area contributed by atoms with Crippen molar-refractivity contribution in [2.45, 2.75) is 39.2 Å². The van der Waals surface area contributed by atoms with Gasteiger partial charge in [0.05, 0.1) is 32.5 Å². The molecule has 11 nitrogen and oxygen atoms in total. The first-order valence-corrected chi connectivity index (χ1v) is 16.7. The van der Waals surface area contributed by atoms with Crippen LogP contribution in [0.2, 0.25) is 0 Å². The van der Waals surface area contributed by atoms with Gasteiger partial charge < -0.3 is 30.1 Å². The number of aryl methyl sites for hydroxylation is 1. The number of ether oxygens (including phenoxy) is 1. The number of hydrogen-bond donors (Lipinski definition) is 3. The molecule has 0 spiro atoms. The van der Waals surface area contributed by atoms with E-state index < -0.39 is 24.0 Å². The van der Waals surface area contributed by atoms with Gasteiger partial charge >= 0.3 is 6.61 Å². The van der Waals surface area contributed by atoms with E-state index in [0.717, 1.165) is 69.7 Å². The smallest absolute Gasteiger partial charge is 0.387 e. The maximum atomic E-state index is 14.9. The zero-order valence-electron chi connectivity index (χ0n) is 28.4. The van der Waals surface area contributed by atoms with Gasteiger partial charge in [-0.2, -0.15) is 13.2 Å². The summed E-state index contributed by atoms with van der Waals surface area (Å²) < 4.78 is 60.6. The molecule has 0 unspecified atom stereocenters. The molecule has 0 bridgehead atoms. The molecule has 2 aromatic heterocycles. The largest absolute Gasteiger partial charge is 0.432 e. The van der Waals surface area contributed by atoms with Crippen molar-refractivity contribution in [3.05, 3.63) is 71.7 Å². The van der Waals surface area contributed by atoms with Crippen LogP contribution in [0.4, 0.5) is 29.1 Å². The molecule has 4 aromatic rings. The number of aromatic nitrogens is 3. The van der Waals surface area contributed by atoms with Crippen LogP contribution >= 0.6 is 0 Å². The van der Waals surface area contributed by atoms with Gasteiger partial charge in [-0.05, 0) is 61.6 Å². The van der Waals surface area contributed by atoms with Crippen LogP contribution in [-0.2, 0) is 11.2 Å². The summed E-state index contributed by atoms with van der Waals surface area (Å²) in [4.78, 5) is 36.4. The minimum atomic E-state index is -3.30. The van der Waals surface area contributed by atoms with E-state index in [-0.39, 0.29) is 23.1 Å². The normalized spacial score (nSPS) is 13.6. The number of carbonyl (C=O) groups excluding carboxylic acids is 2. The molecule has 5 rings (SSSR count). The highest BCUT2D eigenvalue weighted by Gasteiger charge is 2.25. The van der Waals surface area contributed by atoms with E-state index in [1.54, 1.807) is 12.1 Å². The SMILES string of the molecule is CCc1cc(Nc2nccn3c(-c4ccc(OC(F)F)c(F)c4F)cnc23)ccc1C(=O)NCCCCC[N+](C)(C)CC(=O)N1CCNCC1. The molecule has 3 N–H and O–H groups in total. The average molecular weight is 700 g/mol. The van der Waals surface area contributed by atoms with Crippen molar-refractivity contribution in [2.24, 2.45) is 0 Å². The van der Waals surface area contributed by atoms with Crippen molar-refractivity contribution in [3.63, 3.8) is 0 Å². The number of benzene rings is 2. The van der Waals surface area contributed by atoms with Crippen molar-refractivity contribution in [1.82, 2.24) is 29.9 Å². The van der Waals surface area contributed by atoms with E-state index in [1.807, 2.05) is 17.9 Å². The fraction of sp³-hybridized carbons (Fsp3) is 0.429. The van der Waals surface area contributed by atoms with Crippen LogP contribution < -0.4 is 20.7 Å². The van der Waals surface area contributed by atoms with Crippen LogP contribution in [0.5, 0.6) is 5.75 Å². The molecule has 3 heterocycles. The summed E-state index contributed by atoms with van der Waals surface area (Å²) in [5.41, 5.74) is 2.32. The zero-order valence-corrected chi connectivity index (χ0v) is 28.4. The van der Waals surface area contributed by atoms with Gasteiger partial charge in [-0.25, -0.2) is 14.4 Å². The van der Waals surface area contributed by atoms with Gasteiger partial charge in [0.1, 0.15) is 0 Å². The predicted molar refractivity (Wildman–Crippen MR) is 182 cm³/mol. The summed E-state index contributed by atoms with van der Waals surface area (Å²) in [6.45, 7) is 3.75. The molecular weight excluding hydrogens is 656 g/mol. The average Bonchev–Trinajstić information content (AvgIpc) is 3.53. The molecule has 0 atom stereocenters. The number of unbranched alkanes of at least 4 members (excludes halogenated alkanes) is 2. The Labute approximate surface area is 288 Å². The minimum absolute atomic E-state index is 0.163. The molecule has 1 aliphatic heterocycles. The topological polar surface area (TPSA) is 113 Å². The fourth-order valence-corrected chi connectivity index (χ4v) is 6.04. The summed E-state index contributed by atoms with van der Waals surface area (Å²) in [5, 5.41) is 9.48. The quantitative estimate of drug-likeness (QED) is 0.0911. The molecule has 0 aliphatic carbocycles. The monoisotopic (exact) mass is 699 g/mol. The third-order valence-electron chi connectivity index (χ3n) is 8.72. The number of rotatable bonds is 15. The number of imidazole rings is 1. The number of anilines is 2. The molecule has 0 radical (unpaired) electrons. The van der Waals surface area contributed by atoms with Crippen LogP contribution in [0, 0.1) is 11.6 Å². The second-order valence-corrected chi connectivity index (χ2v) is 12.8. The zero-order chi connectivity index (χ0) is 35.8. The summed E-state index contributed by atoms with van der Waals surface area (Å²) in [6.07, 6.45) is 7.60. The molecule has 1 saturated heterocycles. The Balaban J connectivity index is 1.16. The first kappa shape index (κ1) is 36.5. The molecule has 268 valence electrons. The fourth-order valence-electron chi connectivity index (χ4n) is 6.04. The first-order chi connectivity index (χ1) is 24.0. The van der Waals surface area contributed by atoms with Gasteiger partial charge in [0.25, 0.3) is 11.8 Å². The molecule has 0 saturated carbocycles. The lowest BCUT2D eigenvalue weighted by Gasteiger charge is -2.33. The molecular formula is C35H43F4N8O3+. The maximum absolute atomic E-state index is 14.9. The number of halogens is 4. The molecule has 50 heavy (non-hydrogen) atoms. The third-order valence-corrected chi connectivity index (χ3v) is 8.72. The van der Waals surface area contributed by atoms with Crippen LogP contribution in [0.25, 0.3) is 16.9 Å². The number of fused-ring (bicyclic) bond motifs is 1. The van der Waals surface area contributed by atoms with Gasteiger partial charge in [0.15, 0.2) is 29.6 Å². The van der Waals surface area contributed by atoms with Gasteiger partial charge in [0, 0.05) is 61.9 Å². The molecule has 1 fully saturated rings. The highest BCUT2D eigenvalue weighted by molar-refractivity contribution is 5.96. The third kappa shape index (κ3) is 8.87. The molecule has 15 heteroatoms. The number of carbonyl (C=O) groups is 2. The van der Waals surface area contributed by atoms with Crippen molar-refractivity contribution in [3.8, 4) is 17.0 Å². The van der Waals surface area contributed by atoms with Crippen LogP contribution in [0.3, 0.4) is 0 Å². The number of quaternary nitrogens is 1. The number of nitrogens with zero attached hydrogens (tertiary/aromatic N) is 5. The van der Waals surface area contributed by atoms with Crippen LogP contribution in [0.1, 0.15) is 42.1 Å². The second kappa shape index (κ2) is 16.3. The Morgan fingerprint density at radius 2 is 1.82 bits per heavy atom. The Hall–Kier alpha value is -4.76. The molecule has 1 aliphatic rings. The summed E-state index contributed by atoms with van der Waals surface area (Å²) >= 11 is 0. The number of hydrogen-bond acceptors (Lipinski definition) is 7. The summed E-state index contributed by atoms with van der Waals surface area (Å²) in [6, 6.07) is 7.42. The highest BCUT2D eigenvalue weighted by Crippen LogP contribution is 2.32. The van der Waals surface area contributed by atoms with Gasteiger partial charge in [0.2, 0.25) is 5.82 Å². The van der Waals surface area contributed by atoms with Crippen LogP contribution in [0.15, 0.2) is 48.9 Å². The Kier molecular flexibility index (Phi) is 11.9. The lowest BCUT2D eigenvalue weighted by Crippen LogP contribution is -2.53. The second-order valence-electron chi connectivity index (χ2n) is 12.8. The Morgan fingerprint density at radius 1 is 1.04 bits per heavy atom. The van der Waals surface area contributed by atoms with Gasteiger partial charge in [-0.1, -0.05) is 6.92 Å². The summed E-state index contributed by atoms with van der Waals surface area (Å²) in [7, 11) is 4.16. The van der Waals surface area contributed by atoms with Crippen LogP contribution in [-0.4, -0.2) is 102 Å². The lowest BCUT2D eigenvalue weighted by atomic mass is 10.0. The van der Waals surface area contributed by atoms with Crippen molar-refractivity contribution < 1.29 is 36.4 Å². The van der Waals surface area contributed by atoms with E-state index in [4.69, 9.17) is 0 Å². The lowest BCUT2D eigenvalue weighted by molar-refractivity contribution is -0.883. The number of nitrogens with one attached hydrogen (secondary N) is 3. The number of piperazine rings is 1. The molecule has 2 amide bonds. The predicted octanol–water partition coefficient (Wildman–Crippen LogP) is 4.99. The van der Waals surface area contributed by atoms with Crippen molar-refractivity contribution in [2.75, 3.05) is 65.2 Å². The number of amides is 2. The number of likely N-dealkylation sites (N-methyl/N-ethyl adjacent to an activating group) is 1. The highest BCUT2D eigenvalue weighted by atomic mass is 19.3. The van der Waals surface area contributed by atoms with E-state index in [0.29, 0.717) is 46.7 Å². The minimum Gasteiger partial charge on any atom is -0.432 e. The Morgan fingerprint density at radius 3 is 2.56 bits per heavy atom. The maximum Gasteiger partial charge on any atom is 0.387 e. The van der Waals surface area contributed by atoms with E-state index in [2.05, 4.69) is 44.8 Å². The first-order valence-electron chi connectivity index (χ1n) is 16.7. The van der Waals surface area contributed by atoms with Crippen molar-refractivity contribution in [1.29, 1.82) is 0 Å². The molecule has 2 aromatic carbocycles.